The molecule has 2 N–H and O–H groups in total. The molecule has 0 spiro atoms. The second kappa shape index (κ2) is 15.5. The number of carbonyl (C=O) groups excluding carboxylic acids is 3. The number of methoxy groups -OCH3 is 1. The monoisotopic (exact) mass is 720 g/mol. The number of rotatable bonds is 6. The Morgan fingerprint density at radius 2 is 1.52 bits per heavy atom. The predicted octanol–water partition coefficient (Wildman–Crippen LogP) is 5.67. The zero-order valence-corrected chi connectivity index (χ0v) is 29.9. The number of nitrogens with one attached hydrogen (secondary N) is 2. The minimum atomic E-state index is -5.03. The van der Waals surface area contributed by atoms with Crippen LogP contribution in [-0.2, 0) is 24.6 Å². The number of ether oxygens (including phenoxy) is 2. The van der Waals surface area contributed by atoms with E-state index in [1.807, 2.05) is 45.0 Å². The standard InChI is InChI=1S/C36H44F4N4O5S/c1-33(2,3)49-32(47)44-19-17-43(18-20-44)27-14-10-25(11-15-27)24-8-12-26(13-9-24)35(36(38,39)40)16-7-21-50-23-29(31(46)48-6)41-30(45)28(42-35)22-34(4,5)37/h8-15,28-29,42H,17-23H2,1-6H3,(H,41,45)/t28-,29-,35-/m0/s1. The summed E-state index contributed by atoms with van der Waals surface area (Å²) in [7, 11) is 1.13. The highest BCUT2D eigenvalue weighted by molar-refractivity contribution is 7.99. The summed E-state index contributed by atoms with van der Waals surface area (Å²) < 4.78 is 70.8. The van der Waals surface area contributed by atoms with Crippen LogP contribution in [0.1, 0.15) is 46.6 Å². The molecule has 1 fully saturated rings. The van der Waals surface area contributed by atoms with Crippen LogP contribution in [0.4, 0.5) is 28.0 Å². The van der Waals surface area contributed by atoms with Gasteiger partial charge in [0.1, 0.15) is 17.3 Å². The summed E-state index contributed by atoms with van der Waals surface area (Å²) in [6, 6.07) is 10.4. The molecule has 0 unspecified atom stereocenters. The van der Waals surface area contributed by atoms with Crippen molar-refractivity contribution < 1.29 is 41.4 Å². The molecule has 14 heteroatoms. The number of anilines is 1. The van der Waals surface area contributed by atoms with Gasteiger partial charge in [0.25, 0.3) is 0 Å². The van der Waals surface area contributed by atoms with Gasteiger partial charge >= 0.3 is 18.2 Å². The molecular formula is C36H44F4N4O5S. The fourth-order valence-corrected chi connectivity index (χ4v) is 6.44. The van der Waals surface area contributed by atoms with Gasteiger partial charge in [-0.15, -0.1) is 11.8 Å². The first-order valence-corrected chi connectivity index (χ1v) is 17.4. The molecule has 0 bridgehead atoms. The summed E-state index contributed by atoms with van der Waals surface area (Å²) in [6.07, 6.45) is -6.00. The van der Waals surface area contributed by atoms with Crippen LogP contribution in [-0.4, -0.2) is 97.2 Å². The van der Waals surface area contributed by atoms with E-state index in [4.69, 9.17) is 9.47 Å². The van der Waals surface area contributed by atoms with Gasteiger partial charge in [-0.1, -0.05) is 48.2 Å². The maximum absolute atomic E-state index is 15.2. The molecule has 0 aliphatic carbocycles. The lowest BCUT2D eigenvalue weighted by Gasteiger charge is -2.37. The van der Waals surface area contributed by atoms with E-state index in [9.17, 15) is 18.8 Å². The molecule has 272 valence electrons. The number of alkyl halides is 4. The average molecular weight is 721 g/mol. The quantitative estimate of drug-likeness (QED) is 0.224. The van der Waals surface area contributed by atoms with Crippen LogP contribution in [0.15, 0.2) is 48.5 Å². The van der Waals surface area contributed by atoms with Gasteiger partial charge in [-0.2, -0.15) is 13.2 Å². The summed E-state index contributed by atoms with van der Waals surface area (Å²) >= 11 is 1.07. The maximum Gasteiger partial charge on any atom is 0.422 e. The normalized spacial score (nSPS) is 22.4. The molecule has 3 atom stereocenters. The highest BCUT2D eigenvalue weighted by Gasteiger charge is 2.57. The largest absolute Gasteiger partial charge is 0.467 e. The van der Waals surface area contributed by atoms with Crippen molar-refractivity contribution in [3.05, 3.63) is 54.1 Å². The molecule has 4 rings (SSSR count). The summed E-state index contributed by atoms with van der Waals surface area (Å²) in [5.41, 5.74) is -3.58. The van der Waals surface area contributed by atoms with Crippen molar-refractivity contribution in [1.82, 2.24) is 15.5 Å². The number of piperazine rings is 1. The Morgan fingerprint density at radius 3 is 2.04 bits per heavy atom. The first kappa shape index (κ1) is 38.8. The van der Waals surface area contributed by atoms with Crippen molar-refractivity contribution in [1.29, 1.82) is 0 Å². The zero-order chi connectivity index (χ0) is 36.9. The van der Waals surface area contributed by atoms with Gasteiger partial charge < -0.3 is 24.6 Å². The second-order valence-corrected chi connectivity index (χ2v) is 14.9. The SMILES string of the molecule is COC(=O)[C@@H]1CSCC#C[C@](c2ccc(-c3ccc(N4CCN(C(=O)OC(C)(C)C)CC4)cc3)cc2)(C(F)(F)F)N[C@@H](CC(C)(C)F)C(=O)N1. The minimum absolute atomic E-state index is 0.00756. The number of nitrogens with zero attached hydrogens (tertiary/aromatic N) is 2. The van der Waals surface area contributed by atoms with Gasteiger partial charge in [0, 0.05) is 44.0 Å². The summed E-state index contributed by atoms with van der Waals surface area (Å²) in [6.45, 7) is 10.0. The van der Waals surface area contributed by atoms with Crippen molar-refractivity contribution in [3.8, 4) is 23.0 Å². The van der Waals surface area contributed by atoms with E-state index < -0.39 is 53.4 Å². The molecule has 0 aromatic heterocycles. The van der Waals surface area contributed by atoms with Crippen LogP contribution in [0.3, 0.4) is 0 Å². The van der Waals surface area contributed by atoms with Crippen LogP contribution in [0.2, 0.25) is 0 Å². The highest BCUT2D eigenvalue weighted by Crippen LogP contribution is 2.41. The second-order valence-electron chi connectivity index (χ2n) is 13.8. The zero-order valence-electron chi connectivity index (χ0n) is 29.1. The third-order valence-electron chi connectivity index (χ3n) is 8.17. The van der Waals surface area contributed by atoms with Gasteiger partial charge in [-0.05, 0) is 63.4 Å². The van der Waals surface area contributed by atoms with Crippen molar-refractivity contribution in [2.45, 2.75) is 76.1 Å². The summed E-state index contributed by atoms with van der Waals surface area (Å²) in [5, 5.41) is 4.82. The topological polar surface area (TPSA) is 100 Å². The van der Waals surface area contributed by atoms with Gasteiger partial charge in [0.05, 0.1) is 18.9 Å². The molecule has 2 aromatic carbocycles. The van der Waals surface area contributed by atoms with Crippen LogP contribution >= 0.6 is 11.8 Å². The Morgan fingerprint density at radius 1 is 0.940 bits per heavy atom. The number of hydrogen-bond donors (Lipinski definition) is 2. The van der Waals surface area contributed by atoms with Crippen molar-refractivity contribution in [2.75, 3.05) is 49.7 Å². The number of hydrogen-bond acceptors (Lipinski definition) is 8. The van der Waals surface area contributed by atoms with E-state index >= 15 is 13.2 Å². The van der Waals surface area contributed by atoms with E-state index in [1.54, 1.807) is 17.0 Å². The molecule has 2 amide bonds. The molecule has 2 aliphatic heterocycles. The maximum atomic E-state index is 15.2. The molecular weight excluding hydrogens is 676 g/mol. The lowest BCUT2D eigenvalue weighted by molar-refractivity contribution is -0.185. The fourth-order valence-electron chi connectivity index (χ4n) is 5.69. The third-order valence-corrected chi connectivity index (χ3v) is 9.09. The Labute approximate surface area is 294 Å². The Bertz CT molecular complexity index is 1570. The first-order chi connectivity index (χ1) is 23.3. The van der Waals surface area contributed by atoms with Crippen LogP contribution < -0.4 is 15.5 Å². The number of benzene rings is 2. The van der Waals surface area contributed by atoms with Crippen LogP contribution in [0, 0.1) is 11.8 Å². The number of halogens is 4. The number of thioether (sulfide) groups is 1. The van der Waals surface area contributed by atoms with Gasteiger partial charge in [0.2, 0.25) is 11.4 Å². The predicted molar refractivity (Wildman–Crippen MR) is 185 cm³/mol. The van der Waals surface area contributed by atoms with E-state index in [0.29, 0.717) is 31.7 Å². The fraction of sp³-hybridized carbons (Fsp3) is 0.528. The highest BCUT2D eigenvalue weighted by atomic mass is 32.2. The first-order valence-electron chi connectivity index (χ1n) is 16.2. The Kier molecular flexibility index (Phi) is 12.0. The summed E-state index contributed by atoms with van der Waals surface area (Å²) in [5.74, 6) is 3.10. The Hall–Kier alpha value is -3.96. The smallest absolute Gasteiger partial charge is 0.422 e. The van der Waals surface area contributed by atoms with Gasteiger partial charge in [0.15, 0.2) is 0 Å². The lowest BCUT2D eigenvalue weighted by atomic mass is 9.86. The van der Waals surface area contributed by atoms with Gasteiger partial charge in [-0.3, -0.25) is 10.1 Å². The van der Waals surface area contributed by atoms with E-state index in [2.05, 4.69) is 27.4 Å². The third kappa shape index (κ3) is 9.84. The lowest BCUT2D eigenvalue weighted by Crippen LogP contribution is -2.62. The van der Waals surface area contributed by atoms with Gasteiger partial charge in [-0.25, -0.2) is 14.0 Å². The van der Waals surface area contributed by atoms with E-state index in [1.165, 1.54) is 12.1 Å². The van der Waals surface area contributed by atoms with E-state index in [0.717, 1.165) is 44.0 Å². The molecule has 2 aromatic rings. The Balaban J connectivity index is 1.59. The molecule has 0 saturated carbocycles. The average Bonchev–Trinajstić information content (AvgIpc) is 3.07. The summed E-state index contributed by atoms with van der Waals surface area (Å²) in [4.78, 5) is 41.9. The van der Waals surface area contributed by atoms with E-state index in [-0.39, 0.29) is 23.2 Å². The van der Waals surface area contributed by atoms with Crippen molar-refractivity contribution >= 4 is 35.4 Å². The van der Waals surface area contributed by atoms with Crippen LogP contribution in [0.25, 0.3) is 11.1 Å². The number of carbonyl (C=O) groups is 3. The van der Waals surface area contributed by atoms with Crippen molar-refractivity contribution in [3.63, 3.8) is 0 Å². The molecule has 50 heavy (non-hydrogen) atoms. The molecule has 1 saturated heterocycles. The molecule has 2 heterocycles. The number of amides is 2. The molecule has 9 nitrogen and oxygen atoms in total. The molecule has 0 radical (unpaired) electrons. The van der Waals surface area contributed by atoms with Crippen molar-refractivity contribution in [2.24, 2.45) is 0 Å². The van der Waals surface area contributed by atoms with Crippen LogP contribution in [0.5, 0.6) is 0 Å². The minimum Gasteiger partial charge on any atom is -0.467 e. The molecule has 2 aliphatic rings. The number of esters is 1.